The summed E-state index contributed by atoms with van der Waals surface area (Å²) >= 11 is 0. The summed E-state index contributed by atoms with van der Waals surface area (Å²) in [5, 5.41) is 10.1. The molecule has 0 N–H and O–H groups in total. The molecule has 0 aliphatic carbocycles. The van der Waals surface area contributed by atoms with Crippen molar-refractivity contribution in [1.82, 2.24) is 34.3 Å². The lowest BCUT2D eigenvalue weighted by Crippen LogP contribution is -2.49. The summed E-state index contributed by atoms with van der Waals surface area (Å²) in [5.74, 6) is 0.0872. The molecular weight excluding hydrogens is 426 g/mol. The highest BCUT2D eigenvalue weighted by Gasteiger charge is 2.24. The first kappa shape index (κ1) is 22.3. The van der Waals surface area contributed by atoms with Gasteiger partial charge in [-0.2, -0.15) is 10.2 Å². The molecule has 8 nitrogen and oxygen atoms in total. The second-order valence-corrected chi connectivity index (χ2v) is 9.24. The van der Waals surface area contributed by atoms with Crippen molar-refractivity contribution >= 4 is 16.9 Å². The van der Waals surface area contributed by atoms with Crippen LogP contribution in [0.15, 0.2) is 42.7 Å². The lowest BCUT2D eigenvalue weighted by atomic mass is 10.0. The molecule has 1 aliphatic heterocycles. The predicted octanol–water partition coefficient (Wildman–Crippen LogP) is 3.10. The number of hydrogen-bond donors (Lipinski definition) is 0. The lowest BCUT2D eigenvalue weighted by molar-refractivity contribution is -0.133. The van der Waals surface area contributed by atoms with Crippen LogP contribution < -0.4 is 0 Å². The Hall–Kier alpha value is -3.52. The third kappa shape index (κ3) is 4.33. The molecule has 176 valence electrons. The van der Waals surface area contributed by atoms with E-state index in [0.29, 0.717) is 0 Å². The monoisotopic (exact) mass is 457 g/mol. The van der Waals surface area contributed by atoms with Gasteiger partial charge < -0.3 is 4.90 Å². The number of aromatic nitrogens is 5. The fourth-order valence-electron chi connectivity index (χ4n) is 4.79. The molecule has 0 saturated carbocycles. The van der Waals surface area contributed by atoms with E-state index < -0.39 is 0 Å². The molecular formula is C26H31N7O. The van der Waals surface area contributed by atoms with Gasteiger partial charge in [-0.05, 0) is 38.0 Å². The number of piperazine rings is 1. The zero-order valence-corrected chi connectivity index (χ0v) is 20.3. The normalized spacial score (nSPS) is 14.8. The maximum Gasteiger partial charge on any atom is 0.244 e. The zero-order chi connectivity index (χ0) is 23.8. The van der Waals surface area contributed by atoms with Crippen molar-refractivity contribution in [3.63, 3.8) is 0 Å². The van der Waals surface area contributed by atoms with E-state index in [2.05, 4.69) is 52.4 Å². The predicted molar refractivity (Wildman–Crippen MR) is 132 cm³/mol. The van der Waals surface area contributed by atoms with Gasteiger partial charge in [0.25, 0.3) is 0 Å². The van der Waals surface area contributed by atoms with Gasteiger partial charge in [0.1, 0.15) is 6.54 Å². The minimum absolute atomic E-state index is 0.0872. The Kier molecular flexibility index (Phi) is 5.91. The molecule has 1 aliphatic rings. The Morgan fingerprint density at radius 2 is 1.68 bits per heavy atom. The number of benzene rings is 1. The third-order valence-corrected chi connectivity index (χ3v) is 6.69. The van der Waals surface area contributed by atoms with Gasteiger partial charge in [0.05, 0.1) is 11.4 Å². The van der Waals surface area contributed by atoms with Crippen molar-refractivity contribution in [2.45, 2.75) is 33.9 Å². The maximum atomic E-state index is 13.1. The molecule has 4 heterocycles. The van der Waals surface area contributed by atoms with Crippen molar-refractivity contribution in [2.75, 3.05) is 26.2 Å². The van der Waals surface area contributed by atoms with Crippen LogP contribution in [0, 0.1) is 20.8 Å². The number of carbonyl (C=O) groups excluding carboxylic acids is 1. The van der Waals surface area contributed by atoms with E-state index in [9.17, 15) is 4.79 Å². The van der Waals surface area contributed by atoms with E-state index >= 15 is 0 Å². The molecule has 0 atom stereocenters. The van der Waals surface area contributed by atoms with Gasteiger partial charge in [-0.15, -0.1) is 0 Å². The minimum atomic E-state index is 0.0872. The van der Waals surface area contributed by atoms with Gasteiger partial charge in [0, 0.05) is 63.1 Å². The number of rotatable bonds is 5. The fourth-order valence-corrected chi connectivity index (χ4v) is 4.79. The third-order valence-electron chi connectivity index (χ3n) is 6.69. The van der Waals surface area contributed by atoms with Gasteiger partial charge >= 0.3 is 0 Å². The highest BCUT2D eigenvalue weighted by molar-refractivity contribution is 5.95. The molecule has 4 aromatic rings. The van der Waals surface area contributed by atoms with Crippen LogP contribution >= 0.6 is 0 Å². The number of nitrogens with zero attached hydrogens (tertiary/aromatic N) is 7. The smallest absolute Gasteiger partial charge is 0.244 e. The van der Waals surface area contributed by atoms with Gasteiger partial charge in [-0.1, -0.05) is 29.8 Å². The number of amides is 1. The molecule has 5 rings (SSSR count). The van der Waals surface area contributed by atoms with E-state index in [-0.39, 0.29) is 12.5 Å². The minimum Gasteiger partial charge on any atom is -0.339 e. The standard InChI is InChI=1S/C26H31N7O/c1-18-5-7-21(8-6-18)23-9-10-27-26-25(23)20(3)29-33(26)17-24(34)32-13-11-31(12-14-32)16-22-15-30(4)28-19(22)2/h5-10,15H,11-14,16-17H2,1-4H3. The second-order valence-electron chi connectivity index (χ2n) is 9.24. The summed E-state index contributed by atoms with van der Waals surface area (Å²) in [4.78, 5) is 22.1. The number of aryl methyl sites for hydroxylation is 4. The highest BCUT2D eigenvalue weighted by Crippen LogP contribution is 2.30. The van der Waals surface area contributed by atoms with Crippen LogP contribution in [0.3, 0.4) is 0 Å². The molecule has 1 saturated heterocycles. The molecule has 1 fully saturated rings. The molecule has 0 spiro atoms. The molecule has 0 unspecified atom stereocenters. The summed E-state index contributed by atoms with van der Waals surface area (Å²) in [6.07, 6.45) is 3.88. The lowest BCUT2D eigenvalue weighted by Gasteiger charge is -2.34. The molecule has 1 aromatic carbocycles. The molecule has 1 amide bonds. The van der Waals surface area contributed by atoms with E-state index in [1.165, 1.54) is 11.1 Å². The molecule has 3 aromatic heterocycles. The number of pyridine rings is 1. The summed E-state index contributed by atoms with van der Waals surface area (Å²) in [6, 6.07) is 10.5. The Labute approximate surface area is 199 Å². The first-order valence-corrected chi connectivity index (χ1v) is 11.8. The maximum absolute atomic E-state index is 13.1. The van der Waals surface area contributed by atoms with Crippen molar-refractivity contribution < 1.29 is 4.79 Å². The largest absolute Gasteiger partial charge is 0.339 e. The van der Waals surface area contributed by atoms with Crippen molar-refractivity contribution in [1.29, 1.82) is 0 Å². The molecule has 8 heteroatoms. The van der Waals surface area contributed by atoms with Crippen LogP contribution in [-0.4, -0.2) is 66.4 Å². The highest BCUT2D eigenvalue weighted by atomic mass is 16.2. The van der Waals surface area contributed by atoms with Crippen molar-refractivity contribution in [3.8, 4) is 11.1 Å². The van der Waals surface area contributed by atoms with Crippen LogP contribution in [0.2, 0.25) is 0 Å². The Morgan fingerprint density at radius 3 is 2.35 bits per heavy atom. The topological polar surface area (TPSA) is 72.1 Å². The molecule has 0 radical (unpaired) electrons. The first-order valence-electron chi connectivity index (χ1n) is 11.8. The van der Waals surface area contributed by atoms with Crippen molar-refractivity contribution in [3.05, 3.63) is 65.2 Å². The molecule has 0 bridgehead atoms. The Bertz CT molecular complexity index is 1330. The van der Waals surface area contributed by atoms with Gasteiger partial charge in [0.15, 0.2) is 5.65 Å². The van der Waals surface area contributed by atoms with Gasteiger partial charge in [-0.3, -0.25) is 14.4 Å². The van der Waals surface area contributed by atoms with E-state index in [1.54, 1.807) is 10.9 Å². The SMILES string of the molecule is Cc1ccc(-c2ccnc3c2c(C)nn3CC(=O)N2CCN(Cc3cn(C)nc3C)CC2)cc1. The van der Waals surface area contributed by atoms with E-state index in [0.717, 1.165) is 66.3 Å². The summed E-state index contributed by atoms with van der Waals surface area (Å²) in [5.41, 5.74) is 7.42. The van der Waals surface area contributed by atoms with Crippen molar-refractivity contribution in [2.24, 2.45) is 7.05 Å². The van der Waals surface area contributed by atoms with Gasteiger partial charge in [-0.25, -0.2) is 9.67 Å². The van der Waals surface area contributed by atoms with Crippen LogP contribution in [0.4, 0.5) is 0 Å². The quantitative estimate of drug-likeness (QED) is 0.461. The fraction of sp³-hybridized carbons (Fsp3) is 0.385. The van der Waals surface area contributed by atoms with Crippen LogP contribution in [0.5, 0.6) is 0 Å². The van der Waals surface area contributed by atoms with Crippen LogP contribution in [0.1, 0.15) is 22.5 Å². The molecule has 34 heavy (non-hydrogen) atoms. The average Bonchev–Trinajstić information content (AvgIpc) is 3.32. The van der Waals surface area contributed by atoms with E-state index in [1.807, 2.05) is 36.5 Å². The average molecular weight is 458 g/mol. The zero-order valence-electron chi connectivity index (χ0n) is 20.3. The van der Waals surface area contributed by atoms with Crippen LogP contribution in [0.25, 0.3) is 22.2 Å². The first-order chi connectivity index (χ1) is 16.4. The van der Waals surface area contributed by atoms with E-state index in [4.69, 9.17) is 5.10 Å². The second kappa shape index (κ2) is 9.02. The number of hydrogen-bond acceptors (Lipinski definition) is 5. The Balaban J connectivity index is 1.28. The summed E-state index contributed by atoms with van der Waals surface area (Å²) in [6.45, 7) is 10.3. The summed E-state index contributed by atoms with van der Waals surface area (Å²) in [7, 11) is 1.95. The Morgan fingerprint density at radius 1 is 0.941 bits per heavy atom. The number of fused-ring (bicyclic) bond motifs is 1. The summed E-state index contributed by atoms with van der Waals surface area (Å²) < 4.78 is 3.62. The number of carbonyl (C=O) groups is 1. The van der Waals surface area contributed by atoms with Crippen LogP contribution in [-0.2, 0) is 24.9 Å². The van der Waals surface area contributed by atoms with Gasteiger partial charge in [0.2, 0.25) is 5.91 Å².